The van der Waals surface area contributed by atoms with Crippen LogP contribution < -0.4 is 4.74 Å². The first kappa shape index (κ1) is 19.2. The van der Waals surface area contributed by atoms with E-state index in [4.69, 9.17) is 9.47 Å². The second-order valence-corrected chi connectivity index (χ2v) is 8.43. The van der Waals surface area contributed by atoms with Gasteiger partial charge in [-0.2, -0.15) is 4.31 Å². The third kappa shape index (κ3) is 4.71. The standard InChI is InChI=1S/C18H29NO4S/c1-15-14-17(10-11-18(15)23-13-12-22-3)24(20,21)19(2)16-8-6-4-5-7-9-16/h10-11,14,16H,4-9,12-13H2,1-3H3. The Morgan fingerprint density at radius 2 is 1.79 bits per heavy atom. The zero-order valence-electron chi connectivity index (χ0n) is 15.0. The van der Waals surface area contributed by atoms with Crippen LogP contribution in [0.5, 0.6) is 5.75 Å². The molecule has 0 aromatic heterocycles. The molecular formula is C18H29NO4S. The number of nitrogens with zero attached hydrogens (tertiary/aromatic N) is 1. The van der Waals surface area contributed by atoms with E-state index in [0.717, 1.165) is 31.2 Å². The van der Waals surface area contributed by atoms with Gasteiger partial charge >= 0.3 is 0 Å². The number of hydrogen-bond acceptors (Lipinski definition) is 4. The maximum Gasteiger partial charge on any atom is 0.243 e. The molecule has 24 heavy (non-hydrogen) atoms. The van der Waals surface area contributed by atoms with Crippen LogP contribution in [0.25, 0.3) is 0 Å². The minimum absolute atomic E-state index is 0.107. The highest BCUT2D eigenvalue weighted by Crippen LogP contribution is 2.28. The average Bonchev–Trinajstić information content (AvgIpc) is 2.84. The van der Waals surface area contributed by atoms with E-state index in [9.17, 15) is 8.42 Å². The molecule has 0 amide bonds. The molecule has 0 atom stereocenters. The molecule has 0 aliphatic heterocycles. The minimum atomic E-state index is -3.47. The average molecular weight is 356 g/mol. The van der Waals surface area contributed by atoms with Crippen molar-refractivity contribution >= 4 is 10.0 Å². The fourth-order valence-electron chi connectivity index (χ4n) is 3.16. The van der Waals surface area contributed by atoms with Gasteiger partial charge in [0.1, 0.15) is 12.4 Å². The fraction of sp³-hybridized carbons (Fsp3) is 0.667. The normalized spacial score (nSPS) is 17.0. The van der Waals surface area contributed by atoms with E-state index >= 15 is 0 Å². The molecule has 0 unspecified atom stereocenters. The Morgan fingerprint density at radius 1 is 1.12 bits per heavy atom. The van der Waals surface area contributed by atoms with Gasteiger partial charge in [0.15, 0.2) is 0 Å². The van der Waals surface area contributed by atoms with Gasteiger partial charge in [0.25, 0.3) is 0 Å². The van der Waals surface area contributed by atoms with Crippen molar-refractivity contribution < 1.29 is 17.9 Å². The predicted molar refractivity (Wildman–Crippen MR) is 95.0 cm³/mol. The Bertz CT molecular complexity index is 622. The fourth-order valence-corrected chi connectivity index (χ4v) is 4.66. The Kier molecular flexibility index (Phi) is 7.07. The van der Waals surface area contributed by atoms with Crippen LogP contribution in [0, 0.1) is 6.92 Å². The number of ether oxygens (including phenoxy) is 2. The second-order valence-electron chi connectivity index (χ2n) is 6.44. The molecule has 5 nitrogen and oxygen atoms in total. The molecule has 1 aromatic carbocycles. The lowest BCUT2D eigenvalue weighted by Gasteiger charge is -2.26. The molecular weight excluding hydrogens is 326 g/mol. The summed E-state index contributed by atoms with van der Waals surface area (Å²) in [5.74, 6) is 0.697. The molecule has 0 radical (unpaired) electrons. The van der Waals surface area contributed by atoms with Crippen LogP contribution in [0.15, 0.2) is 23.1 Å². The van der Waals surface area contributed by atoms with E-state index in [2.05, 4.69) is 0 Å². The summed E-state index contributed by atoms with van der Waals surface area (Å²) in [6, 6.07) is 5.18. The minimum Gasteiger partial charge on any atom is -0.491 e. The predicted octanol–water partition coefficient (Wildman–Crippen LogP) is 3.36. The van der Waals surface area contributed by atoms with Gasteiger partial charge in [-0.3, -0.25) is 0 Å². The van der Waals surface area contributed by atoms with Crippen LogP contribution in [0.1, 0.15) is 44.1 Å². The van der Waals surface area contributed by atoms with Crippen molar-refractivity contribution in [1.29, 1.82) is 0 Å². The SMILES string of the molecule is COCCOc1ccc(S(=O)(=O)N(C)C2CCCCCC2)cc1C. The van der Waals surface area contributed by atoms with Crippen LogP contribution >= 0.6 is 0 Å². The summed E-state index contributed by atoms with van der Waals surface area (Å²) in [5, 5.41) is 0. The zero-order chi connectivity index (χ0) is 17.6. The number of sulfonamides is 1. The largest absolute Gasteiger partial charge is 0.491 e. The highest BCUT2D eigenvalue weighted by molar-refractivity contribution is 7.89. The summed E-state index contributed by atoms with van der Waals surface area (Å²) >= 11 is 0. The van der Waals surface area contributed by atoms with E-state index in [1.807, 2.05) is 6.92 Å². The maximum atomic E-state index is 12.9. The molecule has 1 fully saturated rings. The summed E-state index contributed by atoms with van der Waals surface area (Å²) in [6.45, 7) is 2.82. The first-order chi connectivity index (χ1) is 11.5. The lowest BCUT2D eigenvalue weighted by Crippen LogP contribution is -2.36. The van der Waals surface area contributed by atoms with E-state index < -0.39 is 10.0 Å². The number of benzene rings is 1. The van der Waals surface area contributed by atoms with Crippen molar-refractivity contribution in [1.82, 2.24) is 4.31 Å². The van der Waals surface area contributed by atoms with Crippen molar-refractivity contribution in [2.24, 2.45) is 0 Å². The summed E-state index contributed by atoms with van der Waals surface area (Å²) in [6.07, 6.45) is 6.53. The van der Waals surface area contributed by atoms with Gasteiger partial charge in [0, 0.05) is 20.2 Å². The molecule has 0 bridgehead atoms. The molecule has 0 saturated heterocycles. The Balaban J connectivity index is 2.14. The topological polar surface area (TPSA) is 55.8 Å². The van der Waals surface area contributed by atoms with Crippen molar-refractivity contribution in [2.75, 3.05) is 27.4 Å². The van der Waals surface area contributed by atoms with Gasteiger partial charge in [-0.1, -0.05) is 25.7 Å². The van der Waals surface area contributed by atoms with Crippen LogP contribution in [0.4, 0.5) is 0 Å². The number of rotatable bonds is 7. The molecule has 0 spiro atoms. The Hall–Kier alpha value is -1.11. The maximum absolute atomic E-state index is 12.9. The molecule has 1 aliphatic rings. The van der Waals surface area contributed by atoms with Crippen molar-refractivity contribution in [3.05, 3.63) is 23.8 Å². The van der Waals surface area contributed by atoms with Crippen molar-refractivity contribution in [3.8, 4) is 5.75 Å². The van der Waals surface area contributed by atoms with Crippen LogP contribution in [-0.4, -0.2) is 46.1 Å². The lowest BCUT2D eigenvalue weighted by molar-refractivity contribution is 0.146. The summed E-state index contributed by atoms with van der Waals surface area (Å²) in [4.78, 5) is 0.339. The third-order valence-corrected chi connectivity index (χ3v) is 6.61. The summed E-state index contributed by atoms with van der Waals surface area (Å²) in [5.41, 5.74) is 0.821. The van der Waals surface area contributed by atoms with Crippen molar-refractivity contribution in [2.45, 2.75) is 56.4 Å². The van der Waals surface area contributed by atoms with Crippen LogP contribution in [0.3, 0.4) is 0 Å². The Morgan fingerprint density at radius 3 is 2.38 bits per heavy atom. The first-order valence-corrected chi connectivity index (χ1v) is 10.1. The molecule has 1 aliphatic carbocycles. The monoisotopic (exact) mass is 355 g/mol. The van der Waals surface area contributed by atoms with Gasteiger partial charge in [0.05, 0.1) is 11.5 Å². The van der Waals surface area contributed by atoms with Crippen LogP contribution in [0.2, 0.25) is 0 Å². The molecule has 0 heterocycles. The van der Waals surface area contributed by atoms with Gasteiger partial charge in [-0.25, -0.2) is 8.42 Å². The summed E-state index contributed by atoms with van der Waals surface area (Å²) < 4.78 is 38.0. The van der Waals surface area contributed by atoms with E-state index in [-0.39, 0.29) is 6.04 Å². The highest BCUT2D eigenvalue weighted by Gasteiger charge is 2.28. The summed E-state index contributed by atoms with van der Waals surface area (Å²) in [7, 11) is -0.134. The number of hydrogen-bond donors (Lipinski definition) is 0. The molecule has 6 heteroatoms. The van der Waals surface area contributed by atoms with Crippen LogP contribution in [-0.2, 0) is 14.8 Å². The van der Waals surface area contributed by atoms with Gasteiger partial charge < -0.3 is 9.47 Å². The quantitative estimate of drug-likeness (QED) is 0.556. The molecule has 136 valence electrons. The zero-order valence-corrected chi connectivity index (χ0v) is 15.8. The van der Waals surface area contributed by atoms with Crippen molar-refractivity contribution in [3.63, 3.8) is 0 Å². The molecule has 2 rings (SSSR count). The highest BCUT2D eigenvalue weighted by atomic mass is 32.2. The molecule has 0 N–H and O–H groups in total. The van der Waals surface area contributed by atoms with Gasteiger partial charge in [-0.15, -0.1) is 0 Å². The first-order valence-electron chi connectivity index (χ1n) is 8.67. The van der Waals surface area contributed by atoms with E-state index in [0.29, 0.717) is 23.9 Å². The molecule has 1 saturated carbocycles. The molecule has 1 aromatic rings. The van der Waals surface area contributed by atoms with E-state index in [1.165, 1.54) is 12.8 Å². The second kappa shape index (κ2) is 8.83. The third-order valence-electron chi connectivity index (χ3n) is 4.71. The Labute approximate surface area is 146 Å². The van der Waals surface area contributed by atoms with Gasteiger partial charge in [-0.05, 0) is 43.5 Å². The number of methoxy groups -OCH3 is 1. The number of aryl methyl sites for hydroxylation is 1. The van der Waals surface area contributed by atoms with E-state index in [1.54, 1.807) is 36.7 Å². The lowest BCUT2D eigenvalue weighted by atomic mass is 10.1. The smallest absolute Gasteiger partial charge is 0.243 e. The van der Waals surface area contributed by atoms with Gasteiger partial charge in [0.2, 0.25) is 10.0 Å².